The summed E-state index contributed by atoms with van der Waals surface area (Å²) < 4.78 is 5.89. The third-order valence-electron chi connectivity index (χ3n) is 5.76. The highest BCUT2D eigenvalue weighted by Gasteiger charge is 2.42. The summed E-state index contributed by atoms with van der Waals surface area (Å²) in [4.78, 5) is 17.7. The Balaban J connectivity index is 1.64. The van der Waals surface area contributed by atoms with Crippen LogP contribution in [0, 0.1) is 0 Å². The summed E-state index contributed by atoms with van der Waals surface area (Å²) in [6.07, 6.45) is 1.96. The van der Waals surface area contributed by atoms with Crippen LogP contribution in [0.5, 0.6) is 0 Å². The molecule has 2 aliphatic rings. The molecule has 146 valence electrons. The Morgan fingerprint density at radius 3 is 2.10 bits per heavy atom. The smallest absolute Gasteiger partial charge is 0.256 e. The van der Waals surface area contributed by atoms with Gasteiger partial charge in [-0.3, -0.25) is 4.79 Å². The van der Waals surface area contributed by atoms with Gasteiger partial charge in [0.05, 0.1) is 6.10 Å². The normalized spacial score (nSPS) is 20.7. The number of hydrogen-bond acceptors (Lipinski definition) is 3. The number of para-hydroxylation sites is 2. The van der Waals surface area contributed by atoms with Crippen LogP contribution < -0.4 is 4.90 Å². The molecule has 3 aromatic rings. The molecule has 4 heteroatoms. The van der Waals surface area contributed by atoms with E-state index in [4.69, 9.17) is 4.74 Å². The van der Waals surface area contributed by atoms with Gasteiger partial charge in [-0.1, -0.05) is 54.6 Å². The van der Waals surface area contributed by atoms with Gasteiger partial charge < -0.3 is 14.5 Å². The molecule has 2 atom stereocenters. The van der Waals surface area contributed by atoms with Crippen molar-refractivity contribution in [1.82, 2.24) is 4.90 Å². The molecule has 2 aliphatic heterocycles. The van der Waals surface area contributed by atoms with Crippen LogP contribution in [0.25, 0.3) is 0 Å². The Kier molecular flexibility index (Phi) is 4.78. The van der Waals surface area contributed by atoms with Gasteiger partial charge in [0, 0.05) is 35.7 Å². The van der Waals surface area contributed by atoms with E-state index < -0.39 is 0 Å². The molecule has 0 aromatic heterocycles. The minimum absolute atomic E-state index is 0.0814. The second-order valence-electron chi connectivity index (χ2n) is 7.59. The molecule has 1 amide bonds. The van der Waals surface area contributed by atoms with Gasteiger partial charge in [-0.15, -0.1) is 0 Å². The number of carbonyl (C=O) groups is 1. The fourth-order valence-electron chi connectivity index (χ4n) is 4.43. The summed E-state index contributed by atoms with van der Waals surface area (Å²) >= 11 is 0. The summed E-state index contributed by atoms with van der Waals surface area (Å²) in [5, 5.41) is 0. The topological polar surface area (TPSA) is 32.8 Å². The van der Waals surface area contributed by atoms with Gasteiger partial charge in [0.2, 0.25) is 0 Å². The molecule has 0 bridgehead atoms. The monoisotopic (exact) mass is 384 g/mol. The lowest BCUT2D eigenvalue weighted by atomic mass is 10.1. The average molecular weight is 384 g/mol. The van der Waals surface area contributed by atoms with Gasteiger partial charge in [0.25, 0.3) is 5.91 Å². The summed E-state index contributed by atoms with van der Waals surface area (Å²) in [7, 11) is 0. The lowest BCUT2D eigenvalue weighted by molar-refractivity contribution is 0.0468. The molecule has 29 heavy (non-hydrogen) atoms. The molecular weight excluding hydrogens is 360 g/mol. The van der Waals surface area contributed by atoms with Crippen molar-refractivity contribution >= 4 is 17.3 Å². The molecule has 0 N–H and O–H groups in total. The van der Waals surface area contributed by atoms with Crippen LogP contribution in [0.3, 0.4) is 0 Å². The standard InChI is InChI=1S/C25H24N2O2/c28-25-23-16-8-7-15-22(23)24(26(25)18-21-14-9-17-29-21)27(19-10-3-1-4-11-19)20-12-5-2-6-13-20/h1-8,10-13,15-16,21,24H,9,14,17-18H2/t21-,24-/m1/s1. The predicted molar refractivity (Wildman–Crippen MR) is 114 cm³/mol. The van der Waals surface area contributed by atoms with Crippen molar-refractivity contribution in [3.05, 3.63) is 96.1 Å². The van der Waals surface area contributed by atoms with E-state index >= 15 is 0 Å². The molecular formula is C25H24N2O2. The summed E-state index contributed by atoms with van der Waals surface area (Å²) in [6, 6.07) is 28.6. The number of anilines is 2. The Hall–Kier alpha value is -3.11. The number of amides is 1. The second-order valence-corrected chi connectivity index (χ2v) is 7.59. The van der Waals surface area contributed by atoms with Gasteiger partial charge in [-0.25, -0.2) is 0 Å². The quantitative estimate of drug-likeness (QED) is 0.609. The molecule has 5 rings (SSSR count). The van der Waals surface area contributed by atoms with E-state index in [1.54, 1.807) is 0 Å². The van der Waals surface area contributed by atoms with Crippen molar-refractivity contribution in [3.8, 4) is 0 Å². The molecule has 0 radical (unpaired) electrons. The third kappa shape index (κ3) is 3.30. The van der Waals surface area contributed by atoms with Gasteiger partial charge in [-0.05, 0) is 43.2 Å². The molecule has 4 nitrogen and oxygen atoms in total. The predicted octanol–water partition coefficient (Wildman–Crippen LogP) is 5.16. The largest absolute Gasteiger partial charge is 0.376 e. The maximum Gasteiger partial charge on any atom is 0.256 e. The van der Waals surface area contributed by atoms with E-state index in [0.29, 0.717) is 6.54 Å². The van der Waals surface area contributed by atoms with Crippen molar-refractivity contribution in [3.63, 3.8) is 0 Å². The Bertz CT molecular complexity index is 944. The average Bonchev–Trinajstić information content (AvgIpc) is 3.39. The number of benzene rings is 3. The van der Waals surface area contributed by atoms with Crippen molar-refractivity contribution in [1.29, 1.82) is 0 Å². The van der Waals surface area contributed by atoms with Gasteiger partial charge in [0.15, 0.2) is 0 Å². The van der Waals surface area contributed by atoms with Crippen LogP contribution in [0.15, 0.2) is 84.9 Å². The van der Waals surface area contributed by atoms with Crippen LogP contribution in [0.4, 0.5) is 11.4 Å². The first kappa shape index (κ1) is 18.0. The van der Waals surface area contributed by atoms with Crippen molar-refractivity contribution < 1.29 is 9.53 Å². The minimum atomic E-state index is -0.201. The van der Waals surface area contributed by atoms with Crippen LogP contribution in [0.2, 0.25) is 0 Å². The fourth-order valence-corrected chi connectivity index (χ4v) is 4.43. The summed E-state index contributed by atoms with van der Waals surface area (Å²) in [5.41, 5.74) is 3.95. The fraction of sp³-hybridized carbons (Fsp3) is 0.240. The first-order chi connectivity index (χ1) is 14.3. The number of ether oxygens (including phenoxy) is 1. The van der Waals surface area contributed by atoms with Crippen LogP contribution in [-0.2, 0) is 4.74 Å². The van der Waals surface area contributed by atoms with E-state index in [1.807, 2.05) is 59.5 Å². The number of fused-ring (bicyclic) bond motifs is 1. The first-order valence-corrected chi connectivity index (χ1v) is 10.2. The van der Waals surface area contributed by atoms with Gasteiger partial charge in [-0.2, -0.15) is 0 Å². The van der Waals surface area contributed by atoms with Crippen LogP contribution in [0.1, 0.15) is 34.9 Å². The Morgan fingerprint density at radius 2 is 1.48 bits per heavy atom. The third-order valence-corrected chi connectivity index (χ3v) is 5.76. The number of hydrogen-bond donors (Lipinski definition) is 0. The molecule has 0 unspecified atom stereocenters. The van der Waals surface area contributed by atoms with Crippen molar-refractivity contribution in [2.24, 2.45) is 0 Å². The van der Waals surface area contributed by atoms with Crippen molar-refractivity contribution in [2.75, 3.05) is 18.1 Å². The SMILES string of the molecule is O=C1c2ccccc2[C@@H](N(c2ccccc2)c2ccccc2)N1C[C@H]1CCCO1. The Morgan fingerprint density at radius 1 is 0.862 bits per heavy atom. The number of carbonyl (C=O) groups excluding carboxylic acids is 1. The molecule has 1 saturated heterocycles. The lowest BCUT2D eigenvalue weighted by Gasteiger charge is -2.38. The highest BCUT2D eigenvalue weighted by molar-refractivity contribution is 6.00. The first-order valence-electron chi connectivity index (χ1n) is 10.2. The molecule has 0 saturated carbocycles. The summed E-state index contributed by atoms with van der Waals surface area (Å²) in [6.45, 7) is 1.39. The second kappa shape index (κ2) is 7.72. The van der Waals surface area contributed by atoms with E-state index in [-0.39, 0.29) is 18.2 Å². The van der Waals surface area contributed by atoms with Crippen LogP contribution in [-0.4, -0.2) is 30.1 Å². The highest BCUT2D eigenvalue weighted by Crippen LogP contribution is 2.43. The number of nitrogens with zero attached hydrogens (tertiary/aromatic N) is 2. The van der Waals surface area contributed by atoms with E-state index in [0.717, 1.165) is 42.0 Å². The lowest BCUT2D eigenvalue weighted by Crippen LogP contribution is -2.41. The highest BCUT2D eigenvalue weighted by atomic mass is 16.5. The number of rotatable bonds is 5. The van der Waals surface area contributed by atoms with Gasteiger partial charge >= 0.3 is 0 Å². The van der Waals surface area contributed by atoms with Crippen LogP contribution >= 0.6 is 0 Å². The zero-order chi connectivity index (χ0) is 19.6. The van der Waals surface area contributed by atoms with E-state index in [9.17, 15) is 4.79 Å². The molecule has 3 aromatic carbocycles. The summed E-state index contributed by atoms with van der Waals surface area (Å²) in [5.74, 6) is 0.0814. The molecule has 2 heterocycles. The maximum absolute atomic E-state index is 13.4. The molecule has 1 fully saturated rings. The Labute approximate surface area is 171 Å². The zero-order valence-electron chi connectivity index (χ0n) is 16.3. The zero-order valence-corrected chi connectivity index (χ0v) is 16.3. The molecule has 0 spiro atoms. The molecule has 0 aliphatic carbocycles. The van der Waals surface area contributed by atoms with Crippen molar-refractivity contribution in [2.45, 2.75) is 25.1 Å². The minimum Gasteiger partial charge on any atom is -0.376 e. The van der Waals surface area contributed by atoms with Gasteiger partial charge in [0.1, 0.15) is 6.17 Å². The van der Waals surface area contributed by atoms with E-state index in [1.165, 1.54) is 0 Å². The maximum atomic E-state index is 13.4. The van der Waals surface area contributed by atoms with E-state index in [2.05, 4.69) is 35.2 Å².